The van der Waals surface area contributed by atoms with Crippen LogP contribution in [0.15, 0.2) is 29.3 Å². The summed E-state index contributed by atoms with van der Waals surface area (Å²) in [6, 6.07) is 6.83. The van der Waals surface area contributed by atoms with Gasteiger partial charge >= 0.3 is 6.61 Å². The minimum absolute atomic E-state index is 0. The van der Waals surface area contributed by atoms with Crippen LogP contribution in [0.5, 0.6) is 5.75 Å². The number of rotatable bonds is 10. The van der Waals surface area contributed by atoms with E-state index in [4.69, 9.17) is 4.74 Å². The van der Waals surface area contributed by atoms with E-state index < -0.39 is 6.61 Å². The number of nitrogens with zero attached hydrogens (tertiary/aromatic N) is 2. The van der Waals surface area contributed by atoms with E-state index in [2.05, 4.69) is 25.7 Å². The summed E-state index contributed by atoms with van der Waals surface area (Å²) in [6.45, 7) is 1.91. The molecule has 1 atom stereocenters. The number of nitrogens with one attached hydrogen (secondary N) is 3. The molecule has 30 heavy (non-hydrogen) atoms. The number of hydrogen-bond acceptors (Lipinski definition) is 5. The van der Waals surface area contributed by atoms with Crippen LogP contribution in [0.1, 0.15) is 13.3 Å². The van der Waals surface area contributed by atoms with E-state index in [-0.39, 0.29) is 48.2 Å². The highest BCUT2D eigenvalue weighted by Crippen LogP contribution is 2.31. The molecule has 0 radical (unpaired) electrons. The second kappa shape index (κ2) is 14.2. The maximum absolute atomic E-state index is 12.7. The number of anilines is 1. The van der Waals surface area contributed by atoms with Gasteiger partial charge in [0.2, 0.25) is 5.91 Å². The molecule has 1 aromatic carbocycles. The molecule has 1 unspecified atom stereocenters. The molecule has 11 heteroatoms. The van der Waals surface area contributed by atoms with Crippen molar-refractivity contribution in [3.63, 3.8) is 0 Å². The third-order valence-corrected chi connectivity index (χ3v) is 4.30. The lowest BCUT2D eigenvalue weighted by molar-refractivity contribution is -0.119. The van der Waals surface area contributed by atoms with Crippen molar-refractivity contribution in [2.75, 3.05) is 51.3 Å². The standard InChI is InChI=1S/C19H29F2N5O3.HI/c1-3-22-19(24-12-17(27)23-9-11-28-2)25-14-8-10-26(13-14)15-6-4-5-7-16(15)29-18(20)21;/h4-7,14,18H,3,8-13H2,1-2H3,(H,23,27)(H2,22,24,25);1H. The van der Waals surface area contributed by atoms with Gasteiger partial charge in [0.25, 0.3) is 0 Å². The molecule has 1 heterocycles. The monoisotopic (exact) mass is 541 g/mol. The Morgan fingerprint density at radius 3 is 2.80 bits per heavy atom. The average molecular weight is 541 g/mol. The van der Waals surface area contributed by atoms with Crippen LogP contribution in [-0.4, -0.2) is 71.0 Å². The largest absolute Gasteiger partial charge is 0.433 e. The zero-order valence-corrected chi connectivity index (χ0v) is 19.5. The van der Waals surface area contributed by atoms with Crippen LogP contribution in [0.2, 0.25) is 0 Å². The summed E-state index contributed by atoms with van der Waals surface area (Å²) in [5.41, 5.74) is 0.636. The number of halogens is 3. The van der Waals surface area contributed by atoms with Gasteiger partial charge in [-0.1, -0.05) is 12.1 Å². The van der Waals surface area contributed by atoms with Crippen LogP contribution in [0.25, 0.3) is 0 Å². The first-order valence-corrected chi connectivity index (χ1v) is 9.62. The lowest BCUT2D eigenvalue weighted by atomic mass is 10.2. The van der Waals surface area contributed by atoms with Crippen molar-refractivity contribution in [2.24, 2.45) is 4.99 Å². The van der Waals surface area contributed by atoms with Gasteiger partial charge in [0.05, 0.1) is 12.3 Å². The summed E-state index contributed by atoms with van der Waals surface area (Å²) in [5, 5.41) is 9.13. The third kappa shape index (κ3) is 8.86. The summed E-state index contributed by atoms with van der Waals surface area (Å²) in [4.78, 5) is 18.1. The molecule has 0 bridgehead atoms. The number of benzene rings is 1. The molecule has 1 fully saturated rings. The number of carbonyl (C=O) groups is 1. The Labute approximate surface area is 192 Å². The fourth-order valence-electron chi connectivity index (χ4n) is 3.02. The SMILES string of the molecule is CCNC(=NCC(=O)NCCOC)NC1CCN(c2ccccc2OC(F)F)C1.I. The molecule has 1 amide bonds. The number of aliphatic imine (C=N–C) groups is 1. The maximum atomic E-state index is 12.7. The van der Waals surface area contributed by atoms with Crippen molar-refractivity contribution in [1.29, 1.82) is 0 Å². The Bertz CT molecular complexity index is 681. The van der Waals surface area contributed by atoms with E-state index in [1.165, 1.54) is 6.07 Å². The van der Waals surface area contributed by atoms with E-state index in [1.807, 2.05) is 11.8 Å². The number of methoxy groups -OCH3 is 1. The molecule has 170 valence electrons. The molecular formula is C19H30F2IN5O3. The zero-order chi connectivity index (χ0) is 21.1. The van der Waals surface area contributed by atoms with Crippen LogP contribution in [0.4, 0.5) is 14.5 Å². The Morgan fingerprint density at radius 2 is 2.10 bits per heavy atom. The van der Waals surface area contributed by atoms with Crippen LogP contribution >= 0.6 is 24.0 Å². The highest BCUT2D eigenvalue weighted by molar-refractivity contribution is 14.0. The molecule has 0 saturated carbocycles. The predicted molar refractivity (Wildman–Crippen MR) is 123 cm³/mol. The molecule has 0 aliphatic carbocycles. The van der Waals surface area contributed by atoms with Crippen molar-refractivity contribution in [1.82, 2.24) is 16.0 Å². The van der Waals surface area contributed by atoms with Gasteiger partial charge < -0.3 is 30.3 Å². The molecule has 0 spiro atoms. The summed E-state index contributed by atoms with van der Waals surface area (Å²) in [7, 11) is 1.57. The predicted octanol–water partition coefficient (Wildman–Crippen LogP) is 1.80. The van der Waals surface area contributed by atoms with Gasteiger partial charge in [-0.15, -0.1) is 24.0 Å². The molecular weight excluding hydrogens is 511 g/mol. The number of amides is 1. The molecule has 1 aliphatic rings. The number of para-hydroxylation sites is 2. The number of alkyl halides is 2. The van der Waals surface area contributed by atoms with E-state index >= 15 is 0 Å². The topological polar surface area (TPSA) is 87.2 Å². The normalized spacial score (nSPS) is 16.2. The Kier molecular flexibility index (Phi) is 12.4. The maximum Gasteiger partial charge on any atom is 0.387 e. The quantitative estimate of drug-likeness (QED) is 0.181. The number of hydrogen-bond donors (Lipinski definition) is 3. The molecule has 1 saturated heterocycles. The summed E-state index contributed by atoms with van der Waals surface area (Å²) >= 11 is 0. The van der Waals surface area contributed by atoms with Gasteiger partial charge in [-0.2, -0.15) is 8.78 Å². The van der Waals surface area contributed by atoms with Gasteiger partial charge in [0, 0.05) is 39.3 Å². The second-order valence-corrected chi connectivity index (χ2v) is 6.46. The molecule has 2 rings (SSSR count). The van der Waals surface area contributed by atoms with Crippen LogP contribution < -0.4 is 25.6 Å². The first-order valence-electron chi connectivity index (χ1n) is 9.62. The smallest absolute Gasteiger partial charge is 0.387 e. The van der Waals surface area contributed by atoms with E-state index in [1.54, 1.807) is 25.3 Å². The van der Waals surface area contributed by atoms with Crippen molar-refractivity contribution in [3.05, 3.63) is 24.3 Å². The van der Waals surface area contributed by atoms with Crippen LogP contribution in [0, 0.1) is 0 Å². The Balaban J connectivity index is 0.00000450. The summed E-state index contributed by atoms with van der Waals surface area (Å²) in [6.07, 6.45) is 0.799. The third-order valence-electron chi connectivity index (χ3n) is 4.30. The number of carbonyl (C=O) groups excluding carboxylic acids is 1. The summed E-state index contributed by atoms with van der Waals surface area (Å²) < 4.78 is 34.8. The van der Waals surface area contributed by atoms with Crippen LogP contribution in [-0.2, 0) is 9.53 Å². The van der Waals surface area contributed by atoms with E-state index in [9.17, 15) is 13.6 Å². The van der Waals surface area contributed by atoms with Gasteiger partial charge in [-0.25, -0.2) is 4.99 Å². The lowest BCUT2D eigenvalue weighted by Crippen LogP contribution is -2.45. The highest BCUT2D eigenvalue weighted by atomic mass is 127. The van der Waals surface area contributed by atoms with Crippen molar-refractivity contribution in [2.45, 2.75) is 26.0 Å². The van der Waals surface area contributed by atoms with E-state index in [0.29, 0.717) is 44.4 Å². The first-order chi connectivity index (χ1) is 14.0. The van der Waals surface area contributed by atoms with Gasteiger partial charge in [-0.05, 0) is 25.5 Å². The minimum Gasteiger partial charge on any atom is -0.433 e. The zero-order valence-electron chi connectivity index (χ0n) is 17.2. The van der Waals surface area contributed by atoms with Crippen molar-refractivity contribution < 1.29 is 23.0 Å². The van der Waals surface area contributed by atoms with Gasteiger partial charge in [0.1, 0.15) is 12.3 Å². The van der Waals surface area contributed by atoms with Gasteiger partial charge in [0.15, 0.2) is 5.96 Å². The number of guanidine groups is 1. The first kappa shape index (κ1) is 26.1. The van der Waals surface area contributed by atoms with E-state index in [0.717, 1.165) is 6.42 Å². The molecule has 3 N–H and O–H groups in total. The van der Waals surface area contributed by atoms with Crippen LogP contribution in [0.3, 0.4) is 0 Å². The minimum atomic E-state index is -2.87. The lowest BCUT2D eigenvalue weighted by Gasteiger charge is -2.22. The molecule has 1 aromatic rings. The fourth-order valence-corrected chi connectivity index (χ4v) is 3.02. The fraction of sp³-hybridized carbons (Fsp3) is 0.579. The number of ether oxygens (including phenoxy) is 2. The molecule has 8 nitrogen and oxygen atoms in total. The molecule has 1 aliphatic heterocycles. The highest BCUT2D eigenvalue weighted by Gasteiger charge is 2.26. The summed E-state index contributed by atoms with van der Waals surface area (Å²) in [5.74, 6) is 0.514. The Morgan fingerprint density at radius 1 is 1.33 bits per heavy atom. The second-order valence-electron chi connectivity index (χ2n) is 6.46. The Hall–Kier alpha value is -1.89. The molecule has 0 aromatic heterocycles. The van der Waals surface area contributed by atoms with Crippen molar-refractivity contribution in [3.8, 4) is 5.75 Å². The average Bonchev–Trinajstić information content (AvgIpc) is 3.15. The van der Waals surface area contributed by atoms with Crippen molar-refractivity contribution >= 4 is 41.5 Å². The van der Waals surface area contributed by atoms with Gasteiger partial charge in [-0.3, -0.25) is 4.79 Å².